The molecule has 0 bridgehead atoms. The standard InChI is InChI=1S/C12H15FN2O4/c13-9-3-1-8(2-4-9)7-15-12(19)14-6-5-10(16)11(17)18/h1-4,10,16H,5-7H2,(H,17,18)(H2,14,15,19). The molecule has 19 heavy (non-hydrogen) atoms. The van der Waals surface area contributed by atoms with Crippen LogP contribution in [0.1, 0.15) is 12.0 Å². The Morgan fingerprint density at radius 3 is 2.42 bits per heavy atom. The molecule has 0 aliphatic carbocycles. The van der Waals surface area contributed by atoms with Gasteiger partial charge in [-0.25, -0.2) is 14.0 Å². The second-order valence-corrected chi connectivity index (χ2v) is 3.88. The van der Waals surface area contributed by atoms with Gasteiger partial charge in [-0.3, -0.25) is 0 Å². The number of amides is 2. The number of urea groups is 1. The Labute approximate surface area is 109 Å². The van der Waals surface area contributed by atoms with Gasteiger partial charge in [-0.05, 0) is 17.7 Å². The molecule has 7 heteroatoms. The van der Waals surface area contributed by atoms with Gasteiger partial charge in [0.05, 0.1) is 0 Å². The third kappa shape index (κ3) is 5.82. The Hall–Kier alpha value is -2.15. The van der Waals surface area contributed by atoms with Crippen LogP contribution in [0.5, 0.6) is 0 Å². The van der Waals surface area contributed by atoms with Gasteiger partial charge >= 0.3 is 12.0 Å². The van der Waals surface area contributed by atoms with Crippen molar-refractivity contribution >= 4 is 12.0 Å². The number of carboxylic acid groups (broad SMARTS) is 1. The molecule has 0 fully saturated rings. The zero-order chi connectivity index (χ0) is 14.3. The van der Waals surface area contributed by atoms with E-state index in [0.29, 0.717) is 0 Å². The molecule has 1 atom stereocenters. The van der Waals surface area contributed by atoms with Crippen LogP contribution in [0.2, 0.25) is 0 Å². The molecule has 0 aliphatic rings. The van der Waals surface area contributed by atoms with Crippen LogP contribution < -0.4 is 10.6 Å². The summed E-state index contributed by atoms with van der Waals surface area (Å²) in [4.78, 5) is 21.6. The first-order valence-electron chi connectivity index (χ1n) is 5.66. The summed E-state index contributed by atoms with van der Waals surface area (Å²) < 4.78 is 12.6. The van der Waals surface area contributed by atoms with Gasteiger partial charge in [0.15, 0.2) is 6.10 Å². The average Bonchev–Trinajstić information content (AvgIpc) is 2.37. The summed E-state index contributed by atoms with van der Waals surface area (Å²) in [7, 11) is 0. The molecule has 0 aliphatic heterocycles. The highest BCUT2D eigenvalue weighted by Gasteiger charge is 2.12. The number of carboxylic acids is 1. The van der Waals surface area contributed by atoms with Gasteiger partial charge in [-0.15, -0.1) is 0 Å². The molecule has 1 unspecified atom stereocenters. The Balaban J connectivity index is 2.21. The molecule has 1 rings (SSSR count). The van der Waals surface area contributed by atoms with E-state index in [4.69, 9.17) is 10.2 Å². The fourth-order valence-corrected chi connectivity index (χ4v) is 1.29. The molecule has 0 heterocycles. The topological polar surface area (TPSA) is 98.7 Å². The number of halogens is 1. The Morgan fingerprint density at radius 2 is 1.84 bits per heavy atom. The van der Waals surface area contributed by atoms with Crippen molar-refractivity contribution in [2.75, 3.05) is 6.54 Å². The summed E-state index contributed by atoms with van der Waals surface area (Å²) in [6.07, 6.45) is -1.56. The van der Waals surface area contributed by atoms with Crippen LogP contribution in [-0.2, 0) is 11.3 Å². The highest BCUT2D eigenvalue weighted by atomic mass is 19.1. The summed E-state index contributed by atoms with van der Waals surface area (Å²) in [5, 5.41) is 22.3. The van der Waals surface area contributed by atoms with Crippen molar-refractivity contribution in [2.24, 2.45) is 0 Å². The van der Waals surface area contributed by atoms with Crippen molar-refractivity contribution in [2.45, 2.75) is 19.1 Å². The van der Waals surface area contributed by atoms with Crippen molar-refractivity contribution in [3.8, 4) is 0 Å². The zero-order valence-corrected chi connectivity index (χ0v) is 10.1. The van der Waals surface area contributed by atoms with Crippen molar-refractivity contribution in [1.82, 2.24) is 10.6 Å². The number of carbonyl (C=O) groups excluding carboxylic acids is 1. The predicted octanol–water partition coefficient (Wildman–Crippen LogP) is 0.460. The molecular formula is C12H15FN2O4. The van der Waals surface area contributed by atoms with E-state index in [0.717, 1.165) is 5.56 Å². The molecule has 0 saturated carbocycles. The molecule has 0 aromatic heterocycles. The third-order valence-electron chi connectivity index (χ3n) is 2.35. The number of hydrogen-bond donors (Lipinski definition) is 4. The SMILES string of the molecule is O=C(NCCC(O)C(=O)O)NCc1ccc(F)cc1. The number of aliphatic hydroxyl groups excluding tert-OH is 1. The summed E-state index contributed by atoms with van der Waals surface area (Å²) in [5.74, 6) is -1.68. The van der Waals surface area contributed by atoms with E-state index in [-0.39, 0.29) is 25.3 Å². The highest BCUT2D eigenvalue weighted by molar-refractivity contribution is 5.74. The lowest BCUT2D eigenvalue weighted by atomic mass is 10.2. The summed E-state index contributed by atoms with van der Waals surface area (Å²) in [5.41, 5.74) is 0.738. The van der Waals surface area contributed by atoms with Gasteiger partial charge in [-0.1, -0.05) is 12.1 Å². The lowest BCUT2D eigenvalue weighted by Gasteiger charge is -2.09. The van der Waals surface area contributed by atoms with Crippen LogP contribution in [0, 0.1) is 5.82 Å². The lowest BCUT2D eigenvalue weighted by molar-refractivity contribution is -0.146. The van der Waals surface area contributed by atoms with Gasteiger partial charge in [-0.2, -0.15) is 0 Å². The van der Waals surface area contributed by atoms with Crippen molar-refractivity contribution < 1.29 is 24.2 Å². The minimum atomic E-state index is -1.49. The van der Waals surface area contributed by atoms with Crippen LogP contribution in [0.25, 0.3) is 0 Å². The van der Waals surface area contributed by atoms with E-state index in [1.54, 1.807) is 12.1 Å². The minimum Gasteiger partial charge on any atom is -0.479 e. The first-order chi connectivity index (χ1) is 8.99. The molecule has 0 saturated heterocycles. The second-order valence-electron chi connectivity index (χ2n) is 3.88. The maximum Gasteiger partial charge on any atom is 0.332 e. The summed E-state index contributed by atoms with van der Waals surface area (Å²) in [6.45, 7) is 0.274. The molecule has 4 N–H and O–H groups in total. The number of aliphatic carboxylic acids is 1. The minimum absolute atomic E-state index is 0.0444. The van der Waals surface area contributed by atoms with E-state index < -0.39 is 18.1 Å². The van der Waals surface area contributed by atoms with Crippen LogP contribution in [0.15, 0.2) is 24.3 Å². The van der Waals surface area contributed by atoms with Crippen molar-refractivity contribution in [3.05, 3.63) is 35.6 Å². The van der Waals surface area contributed by atoms with E-state index in [1.165, 1.54) is 12.1 Å². The molecule has 104 valence electrons. The Bertz CT molecular complexity index is 436. The van der Waals surface area contributed by atoms with Crippen LogP contribution in [0.4, 0.5) is 9.18 Å². The van der Waals surface area contributed by atoms with Crippen LogP contribution in [-0.4, -0.2) is 34.9 Å². The number of aliphatic hydroxyl groups is 1. The number of nitrogens with one attached hydrogen (secondary N) is 2. The number of rotatable bonds is 6. The predicted molar refractivity (Wildman–Crippen MR) is 64.9 cm³/mol. The second kappa shape index (κ2) is 7.32. The Kier molecular flexibility index (Phi) is 5.74. The van der Waals surface area contributed by atoms with Gasteiger partial charge in [0.1, 0.15) is 5.82 Å². The third-order valence-corrected chi connectivity index (χ3v) is 2.35. The van der Waals surface area contributed by atoms with Gasteiger partial charge in [0.25, 0.3) is 0 Å². The zero-order valence-electron chi connectivity index (χ0n) is 10.1. The molecule has 0 spiro atoms. The van der Waals surface area contributed by atoms with Crippen LogP contribution in [0.3, 0.4) is 0 Å². The lowest BCUT2D eigenvalue weighted by Crippen LogP contribution is -2.37. The quantitative estimate of drug-likeness (QED) is 0.603. The van der Waals surface area contributed by atoms with Crippen LogP contribution >= 0.6 is 0 Å². The molecule has 1 aromatic rings. The Morgan fingerprint density at radius 1 is 1.21 bits per heavy atom. The van der Waals surface area contributed by atoms with Gasteiger partial charge in [0, 0.05) is 19.5 Å². The van der Waals surface area contributed by atoms with Crippen molar-refractivity contribution in [3.63, 3.8) is 0 Å². The van der Waals surface area contributed by atoms with Gasteiger partial charge in [0.2, 0.25) is 0 Å². The van der Waals surface area contributed by atoms with E-state index in [1.807, 2.05) is 0 Å². The summed E-state index contributed by atoms with van der Waals surface area (Å²) >= 11 is 0. The fourth-order valence-electron chi connectivity index (χ4n) is 1.29. The monoisotopic (exact) mass is 270 g/mol. The molecule has 2 amide bonds. The molecule has 6 nitrogen and oxygen atoms in total. The number of benzene rings is 1. The molecule has 0 radical (unpaired) electrons. The summed E-state index contributed by atoms with van der Waals surface area (Å²) in [6, 6.07) is 5.19. The average molecular weight is 270 g/mol. The maximum absolute atomic E-state index is 12.6. The largest absolute Gasteiger partial charge is 0.479 e. The van der Waals surface area contributed by atoms with E-state index in [9.17, 15) is 14.0 Å². The maximum atomic E-state index is 12.6. The molecule has 1 aromatic carbocycles. The van der Waals surface area contributed by atoms with Crippen molar-refractivity contribution in [1.29, 1.82) is 0 Å². The fraction of sp³-hybridized carbons (Fsp3) is 0.333. The van der Waals surface area contributed by atoms with E-state index in [2.05, 4.69) is 10.6 Å². The number of hydrogen-bond acceptors (Lipinski definition) is 3. The first kappa shape index (κ1) is 14.9. The highest BCUT2D eigenvalue weighted by Crippen LogP contribution is 2.01. The normalized spacial score (nSPS) is 11.7. The smallest absolute Gasteiger partial charge is 0.332 e. The van der Waals surface area contributed by atoms with E-state index >= 15 is 0 Å². The first-order valence-corrected chi connectivity index (χ1v) is 5.66. The molecular weight excluding hydrogens is 255 g/mol. The van der Waals surface area contributed by atoms with Gasteiger partial charge < -0.3 is 20.8 Å². The number of carbonyl (C=O) groups is 2.